The first kappa shape index (κ1) is 14.9. The van der Waals surface area contributed by atoms with Gasteiger partial charge in [0.15, 0.2) is 0 Å². The van der Waals surface area contributed by atoms with Gasteiger partial charge >= 0.3 is 5.97 Å². The van der Waals surface area contributed by atoms with Crippen LogP contribution in [0.15, 0.2) is 0 Å². The molecule has 4 aliphatic carbocycles. The van der Waals surface area contributed by atoms with Crippen LogP contribution in [0.25, 0.3) is 0 Å². The molecule has 4 heteroatoms. The molecule has 118 valence electrons. The Balaban J connectivity index is 1.50. The first-order chi connectivity index (χ1) is 10.0. The summed E-state index contributed by atoms with van der Waals surface area (Å²) in [6, 6.07) is 0.0917. The number of aliphatic carboxylic acids is 1. The predicted octanol–water partition coefficient (Wildman–Crippen LogP) is 2.82. The van der Waals surface area contributed by atoms with Gasteiger partial charge in [-0.25, -0.2) is 0 Å². The molecule has 0 radical (unpaired) electrons. The highest BCUT2D eigenvalue weighted by Gasteiger charge is 2.50. The lowest BCUT2D eigenvalue weighted by atomic mass is 9.51. The number of carboxylic acids is 1. The molecule has 4 rings (SSSR count). The van der Waals surface area contributed by atoms with Gasteiger partial charge in [0, 0.05) is 18.4 Å². The molecule has 2 N–H and O–H groups in total. The third-order valence-electron chi connectivity index (χ3n) is 5.95. The van der Waals surface area contributed by atoms with Crippen LogP contribution in [0, 0.1) is 29.6 Å². The minimum Gasteiger partial charge on any atom is -0.481 e. The van der Waals surface area contributed by atoms with E-state index in [0.717, 1.165) is 18.3 Å². The molecule has 0 spiro atoms. The van der Waals surface area contributed by atoms with Gasteiger partial charge in [0.05, 0.1) is 0 Å². The van der Waals surface area contributed by atoms with Crippen LogP contribution in [0.5, 0.6) is 0 Å². The maximum Gasteiger partial charge on any atom is 0.303 e. The van der Waals surface area contributed by atoms with Crippen molar-refractivity contribution in [2.75, 3.05) is 0 Å². The molecule has 1 unspecified atom stereocenters. The molecular weight excluding hydrogens is 266 g/mol. The van der Waals surface area contributed by atoms with Crippen LogP contribution in [0.2, 0.25) is 0 Å². The molecule has 0 aromatic heterocycles. The number of hydrogen-bond acceptors (Lipinski definition) is 2. The second kappa shape index (κ2) is 5.98. The average Bonchev–Trinajstić information content (AvgIpc) is 2.36. The van der Waals surface area contributed by atoms with Crippen molar-refractivity contribution in [2.45, 2.75) is 64.3 Å². The Bertz CT molecular complexity index is 392. The number of amides is 1. The van der Waals surface area contributed by atoms with E-state index in [4.69, 9.17) is 5.11 Å². The summed E-state index contributed by atoms with van der Waals surface area (Å²) in [7, 11) is 0. The largest absolute Gasteiger partial charge is 0.481 e. The maximum atomic E-state index is 12.6. The lowest BCUT2D eigenvalue weighted by Gasteiger charge is -2.53. The molecular formula is C17H27NO3. The molecule has 4 bridgehead atoms. The smallest absolute Gasteiger partial charge is 0.303 e. The number of carbonyl (C=O) groups is 2. The fourth-order valence-corrected chi connectivity index (χ4v) is 5.32. The van der Waals surface area contributed by atoms with E-state index in [1.807, 2.05) is 6.92 Å². The van der Waals surface area contributed by atoms with Gasteiger partial charge < -0.3 is 10.4 Å². The van der Waals surface area contributed by atoms with Gasteiger partial charge in [0.25, 0.3) is 0 Å². The number of carbonyl (C=O) groups excluding carboxylic acids is 1. The van der Waals surface area contributed by atoms with Crippen molar-refractivity contribution in [2.24, 2.45) is 29.6 Å². The number of carboxylic acid groups (broad SMARTS) is 1. The Morgan fingerprint density at radius 1 is 1.10 bits per heavy atom. The van der Waals surface area contributed by atoms with E-state index >= 15 is 0 Å². The van der Waals surface area contributed by atoms with Crippen molar-refractivity contribution in [3.63, 3.8) is 0 Å². The molecule has 0 aromatic carbocycles. The topological polar surface area (TPSA) is 66.4 Å². The van der Waals surface area contributed by atoms with E-state index in [1.165, 1.54) is 32.1 Å². The summed E-state index contributed by atoms with van der Waals surface area (Å²) >= 11 is 0. The quantitative estimate of drug-likeness (QED) is 0.791. The van der Waals surface area contributed by atoms with E-state index in [0.29, 0.717) is 18.3 Å². The zero-order valence-electron chi connectivity index (χ0n) is 12.9. The Kier molecular flexibility index (Phi) is 4.23. The molecule has 0 saturated heterocycles. The lowest BCUT2D eigenvalue weighted by molar-refractivity contribution is -0.138. The summed E-state index contributed by atoms with van der Waals surface area (Å²) in [5.74, 6) is 2.75. The molecule has 0 aliphatic heterocycles. The first-order valence-corrected chi connectivity index (χ1v) is 8.55. The van der Waals surface area contributed by atoms with Crippen molar-refractivity contribution in [1.29, 1.82) is 0 Å². The second-order valence-corrected chi connectivity index (χ2v) is 7.65. The molecule has 4 fully saturated rings. The normalized spacial score (nSPS) is 38.2. The van der Waals surface area contributed by atoms with E-state index < -0.39 is 5.97 Å². The first-order valence-electron chi connectivity index (χ1n) is 8.55. The number of nitrogens with one attached hydrogen (secondary N) is 1. The number of rotatable bonds is 6. The molecule has 4 saturated carbocycles. The van der Waals surface area contributed by atoms with Crippen molar-refractivity contribution < 1.29 is 14.7 Å². The maximum absolute atomic E-state index is 12.6. The predicted molar refractivity (Wildman–Crippen MR) is 79.6 cm³/mol. The highest BCUT2D eigenvalue weighted by molar-refractivity contribution is 5.80. The lowest BCUT2D eigenvalue weighted by Crippen LogP contribution is -2.52. The Morgan fingerprint density at radius 2 is 1.67 bits per heavy atom. The van der Waals surface area contributed by atoms with E-state index in [1.54, 1.807) is 0 Å². The Labute approximate surface area is 126 Å². The summed E-state index contributed by atoms with van der Waals surface area (Å²) < 4.78 is 0. The summed E-state index contributed by atoms with van der Waals surface area (Å²) in [5, 5.41) is 11.8. The second-order valence-electron chi connectivity index (χ2n) is 7.65. The van der Waals surface area contributed by atoms with Gasteiger partial charge in [0.2, 0.25) is 5.91 Å². The van der Waals surface area contributed by atoms with Crippen molar-refractivity contribution in [1.82, 2.24) is 5.32 Å². The zero-order chi connectivity index (χ0) is 15.0. The SMILES string of the molecule is CC(CCCC(=O)O)NC(=O)C1C2CC3CC(C2)CC1C3. The molecule has 1 atom stereocenters. The van der Waals surface area contributed by atoms with Crippen LogP contribution in [-0.4, -0.2) is 23.0 Å². The fourth-order valence-electron chi connectivity index (χ4n) is 5.32. The van der Waals surface area contributed by atoms with E-state index in [9.17, 15) is 9.59 Å². The molecule has 0 aromatic rings. The summed E-state index contributed by atoms with van der Waals surface area (Å²) in [6.07, 6.45) is 8.04. The highest BCUT2D eigenvalue weighted by atomic mass is 16.4. The van der Waals surface area contributed by atoms with Gasteiger partial charge in [-0.15, -0.1) is 0 Å². The van der Waals surface area contributed by atoms with Crippen molar-refractivity contribution >= 4 is 11.9 Å². The molecule has 4 aliphatic rings. The molecule has 1 amide bonds. The number of hydrogen-bond donors (Lipinski definition) is 2. The summed E-state index contributed by atoms with van der Waals surface area (Å²) in [4.78, 5) is 23.1. The van der Waals surface area contributed by atoms with Crippen LogP contribution in [0.3, 0.4) is 0 Å². The van der Waals surface area contributed by atoms with Gasteiger partial charge in [-0.2, -0.15) is 0 Å². The standard InChI is InChI=1S/C17H27NO3/c1-10(3-2-4-15(19)20)18-17(21)16-13-6-11-5-12(8-13)9-14(16)7-11/h10-14,16H,2-9H2,1H3,(H,18,21)(H,19,20). The van der Waals surface area contributed by atoms with Gasteiger partial charge in [-0.1, -0.05) is 0 Å². The van der Waals surface area contributed by atoms with E-state index in [2.05, 4.69) is 5.32 Å². The van der Waals surface area contributed by atoms with Crippen LogP contribution in [-0.2, 0) is 9.59 Å². The van der Waals surface area contributed by atoms with Crippen molar-refractivity contribution in [3.8, 4) is 0 Å². The van der Waals surface area contributed by atoms with Crippen LogP contribution >= 0.6 is 0 Å². The minimum absolute atomic E-state index is 0.0917. The average molecular weight is 293 g/mol. The third kappa shape index (κ3) is 3.24. The summed E-state index contributed by atoms with van der Waals surface area (Å²) in [5.41, 5.74) is 0. The highest BCUT2D eigenvalue weighted by Crippen LogP contribution is 2.56. The van der Waals surface area contributed by atoms with Gasteiger partial charge in [0.1, 0.15) is 0 Å². The molecule has 0 heterocycles. The molecule has 21 heavy (non-hydrogen) atoms. The third-order valence-corrected chi connectivity index (χ3v) is 5.95. The Morgan fingerprint density at radius 3 is 2.19 bits per heavy atom. The van der Waals surface area contributed by atoms with Crippen LogP contribution in [0.1, 0.15) is 58.3 Å². The van der Waals surface area contributed by atoms with E-state index in [-0.39, 0.29) is 24.3 Å². The summed E-state index contributed by atoms with van der Waals surface area (Å²) in [6.45, 7) is 2.00. The molecule has 4 nitrogen and oxygen atoms in total. The van der Waals surface area contributed by atoms with Gasteiger partial charge in [-0.05, 0) is 75.5 Å². The van der Waals surface area contributed by atoms with Crippen molar-refractivity contribution in [3.05, 3.63) is 0 Å². The Hall–Kier alpha value is -1.06. The van der Waals surface area contributed by atoms with Crippen LogP contribution in [0.4, 0.5) is 0 Å². The van der Waals surface area contributed by atoms with Gasteiger partial charge in [-0.3, -0.25) is 9.59 Å². The minimum atomic E-state index is -0.755. The van der Waals surface area contributed by atoms with Crippen LogP contribution < -0.4 is 5.32 Å². The zero-order valence-corrected chi connectivity index (χ0v) is 12.9. The fraction of sp³-hybridized carbons (Fsp3) is 0.882. The monoisotopic (exact) mass is 293 g/mol.